The molecule has 0 aliphatic rings. The van der Waals surface area contributed by atoms with Gasteiger partial charge in [0.1, 0.15) is 0 Å². The summed E-state index contributed by atoms with van der Waals surface area (Å²) in [5.74, 6) is -0.384. The highest BCUT2D eigenvalue weighted by Crippen LogP contribution is 2.24. The monoisotopic (exact) mass is 267 g/mol. The minimum absolute atomic E-state index is 0.270. The number of hydrogen-bond acceptors (Lipinski definition) is 3. The molecule has 0 fully saturated rings. The third-order valence-corrected chi connectivity index (χ3v) is 3.16. The molecule has 78 valence electrons. The molecule has 0 aliphatic heterocycles. The van der Waals surface area contributed by atoms with E-state index in [0.717, 1.165) is 15.6 Å². The number of ether oxygens (including phenoxy) is 1. The summed E-state index contributed by atoms with van der Waals surface area (Å²) in [4.78, 5) is 11.3. The van der Waals surface area contributed by atoms with Gasteiger partial charge in [0, 0.05) is 4.47 Å². The molecule has 0 saturated heterocycles. The molecule has 3 nitrogen and oxygen atoms in total. The number of nitriles is 1. The van der Waals surface area contributed by atoms with Crippen molar-refractivity contribution in [2.75, 3.05) is 7.11 Å². The van der Waals surface area contributed by atoms with E-state index < -0.39 is 0 Å². The molecule has 0 aliphatic carbocycles. The van der Waals surface area contributed by atoms with Crippen molar-refractivity contribution in [2.45, 2.75) is 13.3 Å². The average molecular weight is 268 g/mol. The molecule has 4 heteroatoms. The number of benzene rings is 1. The highest BCUT2D eigenvalue weighted by atomic mass is 79.9. The third-order valence-electron chi connectivity index (χ3n) is 2.02. The van der Waals surface area contributed by atoms with Gasteiger partial charge in [-0.15, -0.1) is 0 Å². The first-order valence-electron chi connectivity index (χ1n) is 4.34. The fourth-order valence-electron chi connectivity index (χ4n) is 1.29. The molecule has 1 aromatic carbocycles. The van der Waals surface area contributed by atoms with Crippen LogP contribution in [0.1, 0.15) is 21.5 Å². The second-order valence-corrected chi connectivity index (χ2v) is 3.89. The molecule has 1 rings (SSSR count). The van der Waals surface area contributed by atoms with Crippen molar-refractivity contribution in [3.05, 3.63) is 33.3 Å². The molecule has 1 aromatic rings. The SMILES string of the molecule is COC(=O)c1cc(C)c(Br)c(CC#N)c1. The molecule has 0 bridgehead atoms. The Morgan fingerprint density at radius 2 is 2.27 bits per heavy atom. The second-order valence-electron chi connectivity index (χ2n) is 3.09. The van der Waals surface area contributed by atoms with E-state index >= 15 is 0 Å². The molecule has 0 heterocycles. The zero-order valence-electron chi connectivity index (χ0n) is 8.50. The number of hydrogen-bond donors (Lipinski definition) is 0. The number of carbonyl (C=O) groups is 1. The summed E-state index contributed by atoms with van der Waals surface area (Å²) in [5.41, 5.74) is 2.20. The molecular weight excluding hydrogens is 258 g/mol. The van der Waals surface area contributed by atoms with Crippen molar-refractivity contribution in [3.63, 3.8) is 0 Å². The Bertz CT molecular complexity index is 435. The van der Waals surface area contributed by atoms with E-state index in [1.807, 2.05) is 6.92 Å². The van der Waals surface area contributed by atoms with Gasteiger partial charge in [0.25, 0.3) is 0 Å². The first kappa shape index (κ1) is 11.7. The van der Waals surface area contributed by atoms with E-state index in [1.54, 1.807) is 12.1 Å². The lowest BCUT2D eigenvalue weighted by molar-refractivity contribution is 0.0600. The van der Waals surface area contributed by atoms with Crippen LogP contribution in [0.5, 0.6) is 0 Å². The maximum Gasteiger partial charge on any atom is 0.337 e. The standard InChI is InChI=1S/C11H10BrNO2/c1-7-5-9(11(14)15-2)6-8(3-4-13)10(7)12/h5-6H,3H2,1-2H3. The lowest BCUT2D eigenvalue weighted by Gasteiger charge is -2.07. The van der Waals surface area contributed by atoms with Gasteiger partial charge in [-0.05, 0) is 30.2 Å². The number of rotatable bonds is 2. The van der Waals surface area contributed by atoms with Crippen LogP contribution in [0.25, 0.3) is 0 Å². The van der Waals surface area contributed by atoms with Crippen LogP contribution >= 0.6 is 15.9 Å². The van der Waals surface area contributed by atoms with Crippen molar-refractivity contribution in [1.82, 2.24) is 0 Å². The first-order chi connectivity index (χ1) is 7.10. The fourth-order valence-corrected chi connectivity index (χ4v) is 1.66. The normalized spacial score (nSPS) is 9.47. The minimum Gasteiger partial charge on any atom is -0.465 e. The highest BCUT2D eigenvalue weighted by Gasteiger charge is 2.11. The zero-order chi connectivity index (χ0) is 11.4. The fraction of sp³-hybridized carbons (Fsp3) is 0.273. The second kappa shape index (κ2) is 4.94. The van der Waals surface area contributed by atoms with Crippen molar-refractivity contribution in [1.29, 1.82) is 5.26 Å². The summed E-state index contributed by atoms with van der Waals surface area (Å²) < 4.78 is 5.50. The van der Waals surface area contributed by atoms with Gasteiger partial charge in [-0.1, -0.05) is 15.9 Å². The van der Waals surface area contributed by atoms with Gasteiger partial charge in [-0.3, -0.25) is 0 Å². The highest BCUT2D eigenvalue weighted by molar-refractivity contribution is 9.10. The van der Waals surface area contributed by atoms with E-state index in [2.05, 4.69) is 26.7 Å². The Morgan fingerprint density at radius 1 is 1.60 bits per heavy atom. The number of esters is 1. The quantitative estimate of drug-likeness (QED) is 0.774. The summed E-state index contributed by atoms with van der Waals surface area (Å²) >= 11 is 3.38. The summed E-state index contributed by atoms with van der Waals surface area (Å²) in [5, 5.41) is 8.63. The van der Waals surface area contributed by atoms with Crippen molar-refractivity contribution >= 4 is 21.9 Å². The molecular formula is C11H10BrNO2. The van der Waals surface area contributed by atoms with Crippen LogP contribution in [0.3, 0.4) is 0 Å². The largest absolute Gasteiger partial charge is 0.465 e. The van der Waals surface area contributed by atoms with Crippen LogP contribution in [0.2, 0.25) is 0 Å². The van der Waals surface area contributed by atoms with Gasteiger partial charge >= 0.3 is 5.97 Å². The van der Waals surface area contributed by atoms with E-state index in [0.29, 0.717) is 5.56 Å². The van der Waals surface area contributed by atoms with Gasteiger partial charge in [-0.25, -0.2) is 4.79 Å². The molecule has 0 saturated carbocycles. The van der Waals surface area contributed by atoms with Crippen molar-refractivity contribution < 1.29 is 9.53 Å². The smallest absolute Gasteiger partial charge is 0.337 e. The third kappa shape index (κ3) is 2.57. The van der Waals surface area contributed by atoms with E-state index in [4.69, 9.17) is 5.26 Å². The van der Waals surface area contributed by atoms with Crippen LogP contribution in [0, 0.1) is 18.3 Å². The molecule has 0 N–H and O–H groups in total. The summed E-state index contributed by atoms with van der Waals surface area (Å²) in [6, 6.07) is 5.46. The van der Waals surface area contributed by atoms with E-state index in [1.165, 1.54) is 7.11 Å². The van der Waals surface area contributed by atoms with Gasteiger partial charge in [-0.2, -0.15) is 5.26 Å². The van der Waals surface area contributed by atoms with Crippen LogP contribution in [-0.4, -0.2) is 13.1 Å². The number of nitrogens with zero attached hydrogens (tertiary/aromatic N) is 1. The Labute approximate surface area is 96.8 Å². The van der Waals surface area contributed by atoms with Gasteiger partial charge in [0.15, 0.2) is 0 Å². The number of aryl methyl sites for hydroxylation is 1. The van der Waals surface area contributed by atoms with Crippen molar-refractivity contribution in [2.24, 2.45) is 0 Å². The number of carbonyl (C=O) groups excluding carboxylic acids is 1. The zero-order valence-corrected chi connectivity index (χ0v) is 10.1. The average Bonchev–Trinajstić information content (AvgIpc) is 2.23. The number of halogens is 1. The molecule has 0 aromatic heterocycles. The van der Waals surface area contributed by atoms with Crippen molar-refractivity contribution in [3.8, 4) is 6.07 Å². The summed E-state index contributed by atoms with van der Waals surface area (Å²) in [6.45, 7) is 1.87. The van der Waals surface area contributed by atoms with Gasteiger partial charge < -0.3 is 4.74 Å². The minimum atomic E-state index is -0.384. The maximum absolute atomic E-state index is 11.3. The summed E-state index contributed by atoms with van der Waals surface area (Å²) in [6.07, 6.45) is 0.270. The van der Waals surface area contributed by atoms with Crippen LogP contribution < -0.4 is 0 Å². The summed E-state index contributed by atoms with van der Waals surface area (Å²) in [7, 11) is 1.34. The van der Waals surface area contributed by atoms with E-state index in [-0.39, 0.29) is 12.4 Å². The Kier molecular flexibility index (Phi) is 3.87. The molecule has 15 heavy (non-hydrogen) atoms. The first-order valence-corrected chi connectivity index (χ1v) is 5.13. The Balaban J connectivity index is 3.24. The molecule has 0 unspecified atom stereocenters. The van der Waals surface area contributed by atoms with Crippen LogP contribution in [0.15, 0.2) is 16.6 Å². The predicted octanol–water partition coefficient (Wildman–Crippen LogP) is 2.61. The van der Waals surface area contributed by atoms with Crippen LogP contribution in [-0.2, 0) is 11.2 Å². The molecule has 0 radical (unpaired) electrons. The Hall–Kier alpha value is -1.34. The van der Waals surface area contributed by atoms with E-state index in [9.17, 15) is 4.79 Å². The van der Waals surface area contributed by atoms with Gasteiger partial charge in [0.2, 0.25) is 0 Å². The number of methoxy groups -OCH3 is 1. The molecule has 0 amide bonds. The topological polar surface area (TPSA) is 50.1 Å². The van der Waals surface area contributed by atoms with Crippen LogP contribution in [0.4, 0.5) is 0 Å². The molecule has 0 spiro atoms. The Morgan fingerprint density at radius 3 is 2.80 bits per heavy atom. The lowest BCUT2D eigenvalue weighted by Crippen LogP contribution is -2.03. The van der Waals surface area contributed by atoms with Gasteiger partial charge in [0.05, 0.1) is 25.2 Å². The lowest BCUT2D eigenvalue weighted by atomic mass is 10.0. The predicted molar refractivity (Wildman–Crippen MR) is 59.5 cm³/mol. The maximum atomic E-state index is 11.3. The molecule has 0 atom stereocenters.